The molecule has 0 unspecified atom stereocenters. The van der Waals surface area contributed by atoms with Gasteiger partial charge in [-0.05, 0) is 48.7 Å². The second-order valence-corrected chi connectivity index (χ2v) is 4.70. The van der Waals surface area contributed by atoms with Crippen molar-refractivity contribution in [3.8, 4) is 0 Å². The van der Waals surface area contributed by atoms with Crippen LogP contribution in [0, 0.1) is 29.8 Å². The van der Waals surface area contributed by atoms with E-state index in [0.29, 0.717) is 12.1 Å². The first-order valence-electron chi connectivity index (χ1n) is 6.21. The minimum absolute atomic E-state index is 0.414. The van der Waals surface area contributed by atoms with E-state index in [0.717, 1.165) is 5.69 Å². The normalized spacial score (nSPS) is 10.3. The molecule has 0 saturated heterocycles. The lowest BCUT2D eigenvalue weighted by Gasteiger charge is -2.09. The second kappa shape index (κ2) is 5.69. The summed E-state index contributed by atoms with van der Waals surface area (Å²) in [6.45, 7) is 4.47. The third-order valence-corrected chi connectivity index (χ3v) is 3.21. The van der Waals surface area contributed by atoms with Crippen LogP contribution >= 0.6 is 0 Å². The molecule has 0 heterocycles. The number of rotatable bonds is 4. The van der Waals surface area contributed by atoms with E-state index >= 15 is 0 Å². The Morgan fingerprint density at radius 2 is 1.90 bits per heavy atom. The predicted octanol–water partition coefficient (Wildman–Crippen LogP) is 3.96. The summed E-state index contributed by atoms with van der Waals surface area (Å²) in [7, 11) is 0. The van der Waals surface area contributed by atoms with Crippen LogP contribution in [0.3, 0.4) is 0 Å². The molecule has 1 N–H and O–H groups in total. The van der Waals surface area contributed by atoms with Crippen molar-refractivity contribution < 1.29 is 9.31 Å². The molecular weight excluding hydrogens is 259 g/mol. The number of halogens is 1. The molecule has 0 saturated carbocycles. The van der Waals surface area contributed by atoms with Crippen molar-refractivity contribution >= 4 is 11.4 Å². The van der Waals surface area contributed by atoms with Crippen LogP contribution in [0.15, 0.2) is 36.4 Å². The van der Waals surface area contributed by atoms with Crippen LogP contribution in [0.2, 0.25) is 0 Å². The molecule has 2 rings (SSSR count). The molecule has 0 radical (unpaired) electrons. The predicted molar refractivity (Wildman–Crippen MR) is 76.3 cm³/mol. The van der Waals surface area contributed by atoms with Crippen molar-refractivity contribution in [1.29, 1.82) is 0 Å². The summed E-state index contributed by atoms with van der Waals surface area (Å²) in [6.07, 6.45) is 0. The van der Waals surface area contributed by atoms with Gasteiger partial charge in [-0.2, -0.15) is 4.39 Å². The number of nitro groups is 1. The summed E-state index contributed by atoms with van der Waals surface area (Å²) in [5, 5.41) is 13.7. The van der Waals surface area contributed by atoms with Gasteiger partial charge >= 0.3 is 5.69 Å². The van der Waals surface area contributed by atoms with Gasteiger partial charge in [0.1, 0.15) is 0 Å². The highest BCUT2D eigenvalue weighted by atomic mass is 19.1. The minimum Gasteiger partial charge on any atom is -0.381 e. The van der Waals surface area contributed by atoms with E-state index in [1.807, 2.05) is 32.0 Å². The number of nitro benzene ring substituents is 1. The van der Waals surface area contributed by atoms with Crippen molar-refractivity contribution in [2.75, 3.05) is 5.32 Å². The molecule has 0 bridgehead atoms. The first kappa shape index (κ1) is 14.0. The second-order valence-electron chi connectivity index (χ2n) is 4.70. The third kappa shape index (κ3) is 3.12. The Labute approximate surface area is 116 Å². The first-order valence-corrected chi connectivity index (χ1v) is 6.21. The number of anilines is 1. The summed E-state index contributed by atoms with van der Waals surface area (Å²) >= 11 is 0. The van der Waals surface area contributed by atoms with Crippen molar-refractivity contribution in [2.24, 2.45) is 0 Å². The zero-order chi connectivity index (χ0) is 14.7. The van der Waals surface area contributed by atoms with Crippen LogP contribution in [-0.2, 0) is 6.54 Å². The molecule has 104 valence electrons. The minimum atomic E-state index is -0.811. The number of aryl methyl sites for hydroxylation is 2. The van der Waals surface area contributed by atoms with Gasteiger partial charge in [0.05, 0.1) is 4.92 Å². The van der Waals surface area contributed by atoms with E-state index < -0.39 is 16.4 Å². The van der Waals surface area contributed by atoms with Crippen LogP contribution < -0.4 is 5.32 Å². The molecule has 20 heavy (non-hydrogen) atoms. The van der Waals surface area contributed by atoms with E-state index in [1.165, 1.54) is 23.3 Å². The fraction of sp³-hybridized carbons (Fsp3) is 0.200. The molecule has 0 amide bonds. The quantitative estimate of drug-likeness (QED) is 0.678. The largest absolute Gasteiger partial charge is 0.381 e. The molecule has 2 aromatic carbocycles. The molecule has 0 atom stereocenters. The Morgan fingerprint density at radius 1 is 1.15 bits per heavy atom. The molecule has 5 heteroatoms. The van der Waals surface area contributed by atoms with Crippen molar-refractivity contribution in [3.63, 3.8) is 0 Å². The number of benzene rings is 2. The summed E-state index contributed by atoms with van der Waals surface area (Å²) in [5.41, 5.74) is 3.47. The van der Waals surface area contributed by atoms with Crippen LogP contribution in [0.5, 0.6) is 0 Å². The van der Waals surface area contributed by atoms with E-state index in [4.69, 9.17) is 0 Å². The maximum Gasteiger partial charge on any atom is 0.304 e. The molecule has 4 nitrogen and oxygen atoms in total. The summed E-state index contributed by atoms with van der Waals surface area (Å²) in [5.74, 6) is -0.811. The fourth-order valence-corrected chi connectivity index (χ4v) is 1.86. The van der Waals surface area contributed by atoms with Crippen molar-refractivity contribution in [3.05, 3.63) is 69.0 Å². The van der Waals surface area contributed by atoms with Crippen molar-refractivity contribution in [1.82, 2.24) is 0 Å². The Morgan fingerprint density at radius 3 is 2.50 bits per heavy atom. The van der Waals surface area contributed by atoms with Crippen LogP contribution in [0.4, 0.5) is 15.8 Å². The summed E-state index contributed by atoms with van der Waals surface area (Å²) in [6, 6.07) is 9.89. The highest BCUT2D eigenvalue weighted by Crippen LogP contribution is 2.19. The Bertz CT molecular complexity index is 656. The first-order chi connectivity index (χ1) is 9.47. The summed E-state index contributed by atoms with van der Waals surface area (Å²) in [4.78, 5) is 9.81. The van der Waals surface area contributed by atoms with Crippen LogP contribution in [-0.4, -0.2) is 4.92 Å². The van der Waals surface area contributed by atoms with Gasteiger partial charge in [-0.25, -0.2) is 0 Å². The topological polar surface area (TPSA) is 55.2 Å². The fourth-order valence-electron chi connectivity index (χ4n) is 1.86. The number of nitrogens with one attached hydrogen (secondary N) is 1. The maximum atomic E-state index is 13.5. The number of hydrogen-bond donors (Lipinski definition) is 1. The summed E-state index contributed by atoms with van der Waals surface area (Å²) < 4.78 is 13.5. The average molecular weight is 274 g/mol. The molecule has 2 aromatic rings. The van der Waals surface area contributed by atoms with Gasteiger partial charge in [-0.1, -0.05) is 12.1 Å². The molecule has 0 fully saturated rings. The van der Waals surface area contributed by atoms with Gasteiger partial charge in [0.2, 0.25) is 5.82 Å². The van der Waals surface area contributed by atoms with E-state index in [1.54, 1.807) is 6.07 Å². The Balaban J connectivity index is 2.09. The number of nitrogens with zero attached hydrogens (tertiary/aromatic N) is 1. The zero-order valence-corrected chi connectivity index (χ0v) is 11.3. The molecule has 0 spiro atoms. The molecule has 0 aliphatic carbocycles. The lowest BCUT2D eigenvalue weighted by atomic mass is 10.1. The standard InChI is InChI=1S/C15H15FN2O2/c1-10-3-5-13(7-11(10)2)17-9-12-4-6-15(18(19)20)14(16)8-12/h3-8,17H,9H2,1-2H3. The molecule has 0 aliphatic heterocycles. The maximum absolute atomic E-state index is 13.5. The highest BCUT2D eigenvalue weighted by molar-refractivity contribution is 5.48. The van der Waals surface area contributed by atoms with E-state index in [9.17, 15) is 14.5 Å². The van der Waals surface area contributed by atoms with Crippen LogP contribution in [0.25, 0.3) is 0 Å². The van der Waals surface area contributed by atoms with Gasteiger partial charge in [-0.15, -0.1) is 0 Å². The monoisotopic (exact) mass is 274 g/mol. The van der Waals surface area contributed by atoms with Crippen LogP contribution in [0.1, 0.15) is 16.7 Å². The zero-order valence-electron chi connectivity index (χ0n) is 11.3. The van der Waals surface area contributed by atoms with Gasteiger partial charge in [-0.3, -0.25) is 10.1 Å². The molecule has 0 aromatic heterocycles. The van der Waals surface area contributed by atoms with E-state index in [2.05, 4.69) is 5.32 Å². The van der Waals surface area contributed by atoms with Gasteiger partial charge in [0, 0.05) is 18.3 Å². The SMILES string of the molecule is Cc1ccc(NCc2ccc([N+](=O)[O-])c(F)c2)cc1C. The third-order valence-electron chi connectivity index (χ3n) is 3.21. The molecular formula is C15H15FN2O2. The van der Waals surface area contributed by atoms with E-state index in [-0.39, 0.29) is 0 Å². The lowest BCUT2D eigenvalue weighted by Crippen LogP contribution is -2.01. The molecule has 0 aliphatic rings. The van der Waals surface area contributed by atoms with Gasteiger partial charge in [0.15, 0.2) is 0 Å². The van der Waals surface area contributed by atoms with Gasteiger partial charge in [0.25, 0.3) is 0 Å². The average Bonchev–Trinajstić information content (AvgIpc) is 2.40. The lowest BCUT2D eigenvalue weighted by molar-refractivity contribution is -0.387. The van der Waals surface area contributed by atoms with Crippen molar-refractivity contribution in [2.45, 2.75) is 20.4 Å². The highest BCUT2D eigenvalue weighted by Gasteiger charge is 2.13. The van der Waals surface area contributed by atoms with Gasteiger partial charge < -0.3 is 5.32 Å². The Kier molecular flexibility index (Phi) is 3.98. The smallest absolute Gasteiger partial charge is 0.304 e. The number of hydrogen-bond acceptors (Lipinski definition) is 3. The Hall–Kier alpha value is -2.43.